The van der Waals surface area contributed by atoms with Crippen LogP contribution in [-0.2, 0) is 11.0 Å². The van der Waals surface area contributed by atoms with Gasteiger partial charge in [-0.25, -0.2) is 0 Å². The fourth-order valence-electron chi connectivity index (χ4n) is 2.44. The average Bonchev–Trinajstić information content (AvgIpc) is 3.46. The number of amides is 2. The van der Waals surface area contributed by atoms with Gasteiger partial charge in [0.1, 0.15) is 0 Å². The molecule has 5 nitrogen and oxygen atoms in total. The zero-order valence-corrected chi connectivity index (χ0v) is 15.3. The Labute approximate surface area is 164 Å². The molecule has 0 unspecified atom stereocenters. The van der Waals surface area contributed by atoms with Crippen LogP contribution in [0.2, 0.25) is 0 Å². The molecule has 0 saturated heterocycles. The van der Waals surface area contributed by atoms with E-state index in [0.29, 0.717) is 5.69 Å². The van der Waals surface area contributed by atoms with Crippen LogP contribution < -0.4 is 16.0 Å². The van der Waals surface area contributed by atoms with Gasteiger partial charge in [-0.15, -0.1) is 0 Å². The van der Waals surface area contributed by atoms with Gasteiger partial charge < -0.3 is 16.0 Å². The maximum absolute atomic E-state index is 12.8. The summed E-state index contributed by atoms with van der Waals surface area (Å²) in [7, 11) is 0. The van der Waals surface area contributed by atoms with Crippen molar-refractivity contribution in [3.05, 3.63) is 59.7 Å². The standard InChI is InChI=1S/C19H16F3N3O2S/c20-19(21,22)13-4-2-6-15(10-13)23-17(27)12-3-1-5-14(9-12)24-18(28)25-16(26)11-7-8-11/h1-6,9-11H,7-8H2,(H,23,27)(H2,24,25,26,28). The molecule has 0 atom stereocenters. The minimum absolute atomic E-state index is 0.00400. The normalized spacial score (nSPS) is 13.5. The van der Waals surface area contributed by atoms with E-state index in [2.05, 4.69) is 16.0 Å². The van der Waals surface area contributed by atoms with Crippen LogP contribution in [0, 0.1) is 5.92 Å². The van der Waals surface area contributed by atoms with E-state index in [0.717, 1.165) is 25.0 Å². The van der Waals surface area contributed by atoms with Crippen molar-refractivity contribution in [1.82, 2.24) is 5.32 Å². The minimum atomic E-state index is -4.49. The van der Waals surface area contributed by atoms with Crippen molar-refractivity contribution in [2.24, 2.45) is 5.92 Å². The van der Waals surface area contributed by atoms with E-state index >= 15 is 0 Å². The molecule has 1 fully saturated rings. The van der Waals surface area contributed by atoms with Crippen molar-refractivity contribution in [3.63, 3.8) is 0 Å². The summed E-state index contributed by atoms with van der Waals surface area (Å²) in [6.07, 6.45) is -2.80. The highest BCUT2D eigenvalue weighted by molar-refractivity contribution is 7.80. The first kappa shape index (κ1) is 19.8. The molecule has 2 amide bonds. The summed E-state index contributed by atoms with van der Waals surface area (Å²) in [6.45, 7) is 0. The Bertz CT molecular complexity index is 927. The molecule has 146 valence electrons. The number of hydrogen-bond acceptors (Lipinski definition) is 3. The Hall–Kier alpha value is -2.94. The molecule has 9 heteroatoms. The van der Waals surface area contributed by atoms with E-state index < -0.39 is 17.6 Å². The zero-order valence-electron chi connectivity index (χ0n) is 14.5. The van der Waals surface area contributed by atoms with E-state index in [9.17, 15) is 22.8 Å². The number of thiocarbonyl (C=S) groups is 1. The van der Waals surface area contributed by atoms with Gasteiger partial charge in [0.05, 0.1) is 5.56 Å². The molecule has 0 bridgehead atoms. The first-order chi connectivity index (χ1) is 13.2. The molecule has 0 aromatic heterocycles. The van der Waals surface area contributed by atoms with Crippen LogP contribution in [0.1, 0.15) is 28.8 Å². The van der Waals surface area contributed by atoms with Gasteiger partial charge in [-0.05, 0) is 61.5 Å². The van der Waals surface area contributed by atoms with Gasteiger partial charge >= 0.3 is 6.18 Å². The summed E-state index contributed by atoms with van der Waals surface area (Å²) in [5.74, 6) is -0.712. The molecule has 0 aliphatic heterocycles. The fraction of sp³-hybridized carbons (Fsp3) is 0.211. The van der Waals surface area contributed by atoms with Crippen LogP contribution in [0.3, 0.4) is 0 Å². The maximum atomic E-state index is 12.8. The quantitative estimate of drug-likeness (QED) is 0.665. The zero-order chi connectivity index (χ0) is 20.3. The van der Waals surface area contributed by atoms with E-state index in [1.807, 2.05) is 0 Å². The van der Waals surface area contributed by atoms with Crippen molar-refractivity contribution in [2.45, 2.75) is 19.0 Å². The first-order valence-corrected chi connectivity index (χ1v) is 8.84. The summed E-state index contributed by atoms with van der Waals surface area (Å²) in [4.78, 5) is 24.1. The van der Waals surface area contributed by atoms with Crippen molar-refractivity contribution in [2.75, 3.05) is 10.6 Å². The SMILES string of the molecule is O=C(Nc1cccc(C(F)(F)F)c1)c1cccc(NC(=S)NC(=O)C2CC2)c1. The topological polar surface area (TPSA) is 70.2 Å². The third kappa shape index (κ3) is 5.29. The van der Waals surface area contributed by atoms with E-state index in [1.54, 1.807) is 12.1 Å². The van der Waals surface area contributed by atoms with Gasteiger partial charge in [-0.2, -0.15) is 13.2 Å². The second kappa shape index (κ2) is 7.97. The predicted molar refractivity (Wildman–Crippen MR) is 103 cm³/mol. The smallest absolute Gasteiger partial charge is 0.332 e. The van der Waals surface area contributed by atoms with Crippen molar-refractivity contribution in [1.29, 1.82) is 0 Å². The monoisotopic (exact) mass is 407 g/mol. The lowest BCUT2D eigenvalue weighted by atomic mass is 10.1. The van der Waals surface area contributed by atoms with Gasteiger partial charge in [0.2, 0.25) is 5.91 Å². The second-order valence-electron chi connectivity index (χ2n) is 6.33. The first-order valence-electron chi connectivity index (χ1n) is 8.43. The molecule has 28 heavy (non-hydrogen) atoms. The van der Waals surface area contributed by atoms with Crippen LogP contribution in [0.5, 0.6) is 0 Å². The number of alkyl halides is 3. The molecule has 3 rings (SSSR count). The lowest BCUT2D eigenvalue weighted by molar-refractivity contribution is -0.137. The number of carbonyl (C=O) groups excluding carboxylic acids is 2. The second-order valence-corrected chi connectivity index (χ2v) is 6.74. The molecule has 2 aromatic carbocycles. The number of halogens is 3. The Balaban J connectivity index is 1.65. The van der Waals surface area contributed by atoms with Gasteiger partial charge in [-0.3, -0.25) is 9.59 Å². The van der Waals surface area contributed by atoms with Crippen LogP contribution in [0.4, 0.5) is 24.5 Å². The highest BCUT2D eigenvalue weighted by atomic mass is 32.1. The summed E-state index contributed by atoms with van der Waals surface area (Å²) in [5, 5.41) is 7.94. The van der Waals surface area contributed by atoms with E-state index in [-0.39, 0.29) is 28.2 Å². The molecule has 3 N–H and O–H groups in total. The number of carbonyl (C=O) groups is 2. The van der Waals surface area contributed by atoms with Gasteiger partial charge in [0, 0.05) is 22.9 Å². The lowest BCUT2D eigenvalue weighted by Crippen LogP contribution is -2.35. The number of benzene rings is 2. The largest absolute Gasteiger partial charge is 0.416 e. The molecule has 1 saturated carbocycles. The fourth-order valence-corrected chi connectivity index (χ4v) is 2.65. The molecule has 2 aromatic rings. The Kier molecular flexibility index (Phi) is 5.64. The molecular weight excluding hydrogens is 391 g/mol. The number of rotatable bonds is 4. The summed E-state index contributed by atoms with van der Waals surface area (Å²) in [5.41, 5.74) is -0.126. The van der Waals surface area contributed by atoms with Crippen molar-refractivity contribution >= 4 is 40.5 Å². The maximum Gasteiger partial charge on any atom is 0.416 e. The van der Waals surface area contributed by atoms with Crippen molar-refractivity contribution < 1.29 is 22.8 Å². The Morgan fingerprint density at radius 2 is 1.61 bits per heavy atom. The third-order valence-electron chi connectivity index (χ3n) is 4.02. The van der Waals surface area contributed by atoms with E-state index in [4.69, 9.17) is 12.2 Å². The Morgan fingerprint density at radius 3 is 2.25 bits per heavy atom. The highest BCUT2D eigenvalue weighted by Gasteiger charge is 2.31. The van der Waals surface area contributed by atoms with Gasteiger partial charge in [0.15, 0.2) is 5.11 Å². The van der Waals surface area contributed by atoms with Crippen LogP contribution >= 0.6 is 12.2 Å². The van der Waals surface area contributed by atoms with Crippen LogP contribution in [0.25, 0.3) is 0 Å². The molecule has 1 aliphatic rings. The summed E-state index contributed by atoms with van der Waals surface area (Å²) < 4.78 is 38.4. The number of anilines is 2. The molecule has 1 aliphatic carbocycles. The molecular formula is C19H16F3N3O2S. The summed E-state index contributed by atoms with van der Waals surface area (Å²) in [6, 6.07) is 10.6. The molecule has 0 heterocycles. The predicted octanol–water partition coefficient (Wildman–Crippen LogP) is 4.18. The van der Waals surface area contributed by atoms with Gasteiger partial charge in [-0.1, -0.05) is 12.1 Å². The Morgan fingerprint density at radius 1 is 0.964 bits per heavy atom. The lowest BCUT2D eigenvalue weighted by Gasteiger charge is -2.12. The van der Waals surface area contributed by atoms with Gasteiger partial charge in [0.25, 0.3) is 5.91 Å². The minimum Gasteiger partial charge on any atom is -0.332 e. The van der Waals surface area contributed by atoms with Crippen LogP contribution in [-0.4, -0.2) is 16.9 Å². The number of hydrogen-bond donors (Lipinski definition) is 3. The van der Waals surface area contributed by atoms with Crippen molar-refractivity contribution in [3.8, 4) is 0 Å². The summed E-state index contributed by atoms with van der Waals surface area (Å²) >= 11 is 5.07. The van der Waals surface area contributed by atoms with E-state index in [1.165, 1.54) is 24.3 Å². The number of nitrogens with one attached hydrogen (secondary N) is 3. The third-order valence-corrected chi connectivity index (χ3v) is 4.22. The average molecular weight is 407 g/mol. The highest BCUT2D eigenvalue weighted by Crippen LogP contribution is 2.31. The molecule has 0 spiro atoms. The molecule has 0 radical (unpaired) electrons. The van der Waals surface area contributed by atoms with Crippen LogP contribution in [0.15, 0.2) is 48.5 Å².